The van der Waals surface area contributed by atoms with Crippen molar-refractivity contribution in [3.8, 4) is 11.5 Å². The molecule has 9 heteroatoms. The number of amides is 2. The Morgan fingerprint density at radius 2 is 1.85 bits per heavy atom. The van der Waals surface area contributed by atoms with Gasteiger partial charge in [-0.3, -0.25) is 19.8 Å². The van der Waals surface area contributed by atoms with Gasteiger partial charge in [-0.05, 0) is 54.7 Å². The number of phenolic OH excluding ortho intramolecular Hbond substituents is 1. The maximum atomic E-state index is 12.9. The molecule has 2 amide bonds. The van der Waals surface area contributed by atoms with Crippen molar-refractivity contribution in [1.29, 1.82) is 0 Å². The van der Waals surface area contributed by atoms with Gasteiger partial charge in [-0.2, -0.15) is 0 Å². The van der Waals surface area contributed by atoms with Gasteiger partial charge in [0, 0.05) is 10.6 Å². The van der Waals surface area contributed by atoms with Gasteiger partial charge in [0.15, 0.2) is 5.11 Å². The van der Waals surface area contributed by atoms with Crippen LogP contribution in [0.3, 0.4) is 0 Å². The fraction of sp³-hybridized carbons (Fsp3) is 0.0556. The molecule has 0 bridgehead atoms. The highest BCUT2D eigenvalue weighted by atomic mass is 35.5. The van der Waals surface area contributed by atoms with Crippen molar-refractivity contribution in [2.45, 2.75) is 0 Å². The Hall–Kier alpha value is -2.61. The van der Waals surface area contributed by atoms with E-state index in [2.05, 4.69) is 5.32 Å². The van der Waals surface area contributed by atoms with E-state index in [1.54, 1.807) is 24.3 Å². The number of carbonyl (C=O) groups is 2. The van der Waals surface area contributed by atoms with Crippen LogP contribution in [0, 0.1) is 0 Å². The van der Waals surface area contributed by atoms with Crippen LogP contribution in [0.5, 0.6) is 11.5 Å². The Kier molecular flexibility index (Phi) is 5.36. The first-order valence-corrected chi connectivity index (χ1v) is 8.71. The molecule has 1 aliphatic heterocycles. The molecule has 2 aromatic rings. The average molecular weight is 423 g/mol. The monoisotopic (exact) mass is 422 g/mol. The van der Waals surface area contributed by atoms with Crippen LogP contribution in [0.25, 0.3) is 6.08 Å². The third kappa shape index (κ3) is 3.75. The number of benzene rings is 2. The molecular weight excluding hydrogens is 411 g/mol. The summed E-state index contributed by atoms with van der Waals surface area (Å²) in [6.07, 6.45) is 1.21. The Bertz CT molecular complexity index is 990. The molecule has 1 fully saturated rings. The lowest BCUT2D eigenvalue weighted by molar-refractivity contribution is -0.122. The van der Waals surface area contributed by atoms with Crippen molar-refractivity contribution in [1.82, 2.24) is 5.32 Å². The largest absolute Gasteiger partial charge is 0.506 e. The molecule has 0 spiro atoms. The minimum absolute atomic E-state index is 0.000507. The predicted molar refractivity (Wildman–Crippen MR) is 107 cm³/mol. The van der Waals surface area contributed by atoms with E-state index in [1.165, 1.54) is 30.2 Å². The number of anilines is 1. The second kappa shape index (κ2) is 7.56. The number of nitrogens with one attached hydrogen (secondary N) is 1. The predicted octanol–water partition coefficient (Wildman–Crippen LogP) is 3.54. The van der Waals surface area contributed by atoms with Crippen LogP contribution in [0.15, 0.2) is 42.0 Å². The van der Waals surface area contributed by atoms with Crippen LogP contribution in [0.4, 0.5) is 5.69 Å². The summed E-state index contributed by atoms with van der Waals surface area (Å²) in [5.41, 5.74) is 0.353. The van der Waals surface area contributed by atoms with Gasteiger partial charge in [0.25, 0.3) is 11.8 Å². The van der Waals surface area contributed by atoms with Crippen LogP contribution in [-0.4, -0.2) is 29.1 Å². The standard InChI is InChI=1S/C18H12Cl2N2O4S/c1-26-12-4-2-11(3-5-12)22-17(25)13(16(24)21-18(22)27)7-9-6-10(19)8-14(20)15(9)23/h2-8,23H,1H3,(H,21,24,27). The molecule has 0 radical (unpaired) electrons. The van der Waals surface area contributed by atoms with E-state index in [4.69, 9.17) is 40.2 Å². The number of thiocarbonyl (C=S) groups is 1. The summed E-state index contributed by atoms with van der Waals surface area (Å²) in [6, 6.07) is 9.32. The van der Waals surface area contributed by atoms with E-state index in [0.29, 0.717) is 11.4 Å². The zero-order valence-corrected chi connectivity index (χ0v) is 16.2. The van der Waals surface area contributed by atoms with Crippen molar-refractivity contribution in [2.75, 3.05) is 12.0 Å². The zero-order valence-electron chi connectivity index (χ0n) is 13.8. The minimum Gasteiger partial charge on any atom is -0.506 e. The molecule has 27 heavy (non-hydrogen) atoms. The number of aromatic hydroxyl groups is 1. The van der Waals surface area contributed by atoms with Gasteiger partial charge >= 0.3 is 0 Å². The molecule has 138 valence electrons. The van der Waals surface area contributed by atoms with Gasteiger partial charge in [0.05, 0.1) is 17.8 Å². The molecule has 0 atom stereocenters. The van der Waals surface area contributed by atoms with Gasteiger partial charge in [-0.1, -0.05) is 23.2 Å². The summed E-state index contributed by atoms with van der Waals surface area (Å²) >= 11 is 17.0. The number of hydrogen-bond donors (Lipinski definition) is 2. The number of hydrogen-bond acceptors (Lipinski definition) is 5. The lowest BCUT2D eigenvalue weighted by atomic mass is 10.1. The number of carbonyl (C=O) groups excluding carboxylic acids is 2. The summed E-state index contributed by atoms with van der Waals surface area (Å²) in [4.78, 5) is 26.4. The highest BCUT2D eigenvalue weighted by molar-refractivity contribution is 7.80. The van der Waals surface area contributed by atoms with E-state index >= 15 is 0 Å². The maximum absolute atomic E-state index is 12.9. The van der Waals surface area contributed by atoms with Crippen molar-refractivity contribution < 1.29 is 19.4 Å². The molecule has 1 aliphatic rings. The van der Waals surface area contributed by atoms with Gasteiger partial charge in [0.1, 0.15) is 17.1 Å². The molecule has 0 aromatic heterocycles. The number of methoxy groups -OCH3 is 1. The summed E-state index contributed by atoms with van der Waals surface area (Å²) in [5, 5.41) is 12.7. The van der Waals surface area contributed by atoms with Gasteiger partial charge in [0.2, 0.25) is 0 Å². The first-order valence-electron chi connectivity index (χ1n) is 7.55. The van der Waals surface area contributed by atoms with E-state index in [9.17, 15) is 14.7 Å². The van der Waals surface area contributed by atoms with Crippen LogP contribution in [0.2, 0.25) is 10.0 Å². The number of ether oxygens (including phenoxy) is 1. The second-order valence-corrected chi connectivity index (χ2v) is 6.71. The van der Waals surface area contributed by atoms with Crippen molar-refractivity contribution in [2.24, 2.45) is 0 Å². The number of rotatable bonds is 3. The zero-order chi connectivity index (χ0) is 19.7. The second-order valence-electron chi connectivity index (χ2n) is 5.48. The molecular formula is C18H12Cl2N2O4S. The number of phenols is 1. The summed E-state index contributed by atoms with van der Waals surface area (Å²) in [7, 11) is 1.52. The third-order valence-electron chi connectivity index (χ3n) is 3.79. The summed E-state index contributed by atoms with van der Waals surface area (Å²) in [6.45, 7) is 0. The lowest BCUT2D eigenvalue weighted by Gasteiger charge is -2.29. The first-order chi connectivity index (χ1) is 12.8. The highest BCUT2D eigenvalue weighted by Crippen LogP contribution is 2.33. The lowest BCUT2D eigenvalue weighted by Crippen LogP contribution is -2.54. The normalized spacial score (nSPS) is 15.9. The van der Waals surface area contributed by atoms with Crippen molar-refractivity contribution in [3.63, 3.8) is 0 Å². The third-order valence-corrected chi connectivity index (χ3v) is 4.58. The first kappa shape index (κ1) is 19.2. The Balaban J connectivity index is 2.04. The average Bonchev–Trinajstić information content (AvgIpc) is 2.62. The van der Waals surface area contributed by atoms with Gasteiger partial charge in [-0.15, -0.1) is 0 Å². The molecule has 0 saturated carbocycles. The Morgan fingerprint density at radius 3 is 2.48 bits per heavy atom. The number of halogens is 2. The van der Waals surface area contributed by atoms with Crippen LogP contribution in [-0.2, 0) is 9.59 Å². The molecule has 1 saturated heterocycles. The van der Waals surface area contributed by atoms with E-state index in [-0.39, 0.29) is 32.0 Å². The molecule has 3 rings (SSSR count). The van der Waals surface area contributed by atoms with Crippen LogP contribution in [0.1, 0.15) is 5.56 Å². The maximum Gasteiger partial charge on any atom is 0.270 e. The molecule has 0 aliphatic carbocycles. The molecule has 2 aromatic carbocycles. The summed E-state index contributed by atoms with van der Waals surface area (Å²) < 4.78 is 5.09. The topological polar surface area (TPSA) is 78.9 Å². The smallest absolute Gasteiger partial charge is 0.270 e. The molecule has 2 N–H and O–H groups in total. The minimum atomic E-state index is -0.690. The molecule has 6 nitrogen and oxygen atoms in total. The van der Waals surface area contributed by atoms with Gasteiger partial charge in [-0.25, -0.2) is 0 Å². The Labute approximate surface area is 169 Å². The molecule has 0 unspecified atom stereocenters. The van der Waals surface area contributed by atoms with Gasteiger partial charge < -0.3 is 9.84 Å². The van der Waals surface area contributed by atoms with E-state index in [1.807, 2.05) is 0 Å². The Morgan fingerprint density at radius 1 is 1.19 bits per heavy atom. The quantitative estimate of drug-likeness (QED) is 0.449. The van der Waals surface area contributed by atoms with E-state index < -0.39 is 11.8 Å². The van der Waals surface area contributed by atoms with Crippen molar-refractivity contribution >= 4 is 64.1 Å². The van der Waals surface area contributed by atoms with Crippen LogP contribution < -0.4 is 15.0 Å². The van der Waals surface area contributed by atoms with Crippen molar-refractivity contribution in [3.05, 3.63) is 57.6 Å². The van der Waals surface area contributed by atoms with E-state index in [0.717, 1.165) is 0 Å². The highest BCUT2D eigenvalue weighted by Gasteiger charge is 2.34. The molecule has 1 heterocycles. The summed E-state index contributed by atoms with van der Waals surface area (Å²) in [5.74, 6) is -1.03. The fourth-order valence-corrected chi connectivity index (χ4v) is 3.26. The SMILES string of the molecule is COc1ccc(N2C(=O)C(=Cc3cc(Cl)cc(Cl)c3O)C(=O)NC2=S)cc1. The number of nitrogens with zero attached hydrogens (tertiary/aromatic N) is 1. The van der Waals surface area contributed by atoms with Crippen LogP contribution >= 0.6 is 35.4 Å². The fourth-order valence-electron chi connectivity index (χ4n) is 2.47.